The van der Waals surface area contributed by atoms with Gasteiger partial charge in [-0.05, 0) is 49.4 Å². The molecule has 0 aliphatic carbocycles. The molecule has 2 aromatic heterocycles. The molecule has 0 saturated carbocycles. The van der Waals surface area contributed by atoms with Crippen LogP contribution in [0.15, 0.2) is 24.5 Å². The maximum Gasteiger partial charge on any atom is 0.401 e. The van der Waals surface area contributed by atoms with Crippen LogP contribution in [0.5, 0.6) is 0 Å². The number of fused-ring (bicyclic) bond motifs is 2. The van der Waals surface area contributed by atoms with Crippen molar-refractivity contribution in [2.75, 3.05) is 64.2 Å². The summed E-state index contributed by atoms with van der Waals surface area (Å²) in [6.45, 7) is 7.52. The van der Waals surface area contributed by atoms with Crippen molar-refractivity contribution >= 4 is 26.9 Å². The Labute approximate surface area is 273 Å². The number of nitriles is 1. The first-order valence-electron chi connectivity index (χ1n) is 16.0. The van der Waals surface area contributed by atoms with Crippen LogP contribution < -0.4 is 10.5 Å². The fourth-order valence-electron chi connectivity index (χ4n) is 7.07. The van der Waals surface area contributed by atoms with E-state index in [1.165, 1.54) is 21.1 Å². The van der Waals surface area contributed by atoms with Crippen molar-refractivity contribution in [2.24, 2.45) is 5.14 Å². The van der Waals surface area contributed by atoms with E-state index in [1.54, 1.807) is 0 Å². The summed E-state index contributed by atoms with van der Waals surface area (Å²) in [4.78, 5) is 14.7. The fourth-order valence-corrected chi connectivity index (χ4v) is 7.74. The van der Waals surface area contributed by atoms with E-state index in [4.69, 9.17) is 5.14 Å². The zero-order chi connectivity index (χ0) is 33.3. The monoisotopic (exact) mass is 674 g/mol. The average molecular weight is 675 g/mol. The lowest BCUT2D eigenvalue weighted by Crippen LogP contribution is -2.51. The predicted octanol–water partition coefficient (Wildman–Crippen LogP) is 2.43. The molecular weight excluding hydrogens is 633 g/mol. The number of rotatable bonds is 9. The molecule has 254 valence electrons. The SMILES string of the molecule is Cc1c(CN2CCC(Nc3ncnc4c3CCN(CC(F)(F)F)C4)CC2)ccc2c1cc(C#N)n2CCN1CCN(S(N)(=O)=O)CC1. The number of nitrogens with two attached hydrogens (primary N) is 1. The Morgan fingerprint density at radius 3 is 2.45 bits per heavy atom. The second-order valence-corrected chi connectivity index (χ2v) is 14.3. The van der Waals surface area contributed by atoms with Crippen LogP contribution in [0.2, 0.25) is 0 Å². The lowest BCUT2D eigenvalue weighted by molar-refractivity contribution is -0.147. The average Bonchev–Trinajstić information content (AvgIpc) is 3.39. The number of likely N-dealkylation sites (tertiary alicyclic amines) is 1. The molecular formula is C31H41F3N10O2S. The zero-order valence-electron chi connectivity index (χ0n) is 26.5. The number of aromatic nitrogens is 3. The van der Waals surface area contributed by atoms with Gasteiger partial charge in [0.1, 0.15) is 23.9 Å². The number of piperidine rings is 1. The highest BCUT2D eigenvalue weighted by molar-refractivity contribution is 7.86. The summed E-state index contributed by atoms with van der Waals surface area (Å²) in [6.07, 6.45) is -0.465. The van der Waals surface area contributed by atoms with Crippen molar-refractivity contribution < 1.29 is 21.6 Å². The minimum atomic E-state index is -4.23. The lowest BCUT2D eigenvalue weighted by atomic mass is 10.00. The molecule has 0 unspecified atom stereocenters. The molecule has 3 aliphatic heterocycles. The first-order chi connectivity index (χ1) is 22.4. The van der Waals surface area contributed by atoms with E-state index < -0.39 is 22.9 Å². The molecule has 3 N–H and O–H groups in total. The van der Waals surface area contributed by atoms with Crippen LogP contribution in [0.3, 0.4) is 0 Å². The van der Waals surface area contributed by atoms with Gasteiger partial charge >= 0.3 is 6.18 Å². The normalized spacial score (nSPS) is 19.6. The van der Waals surface area contributed by atoms with Gasteiger partial charge in [0.15, 0.2) is 0 Å². The maximum absolute atomic E-state index is 12.9. The van der Waals surface area contributed by atoms with E-state index in [9.17, 15) is 26.9 Å². The van der Waals surface area contributed by atoms with E-state index in [2.05, 4.69) is 54.8 Å². The molecule has 6 rings (SSSR count). The molecule has 16 heteroatoms. The molecule has 2 saturated heterocycles. The van der Waals surface area contributed by atoms with Gasteiger partial charge < -0.3 is 9.88 Å². The van der Waals surface area contributed by atoms with E-state index in [-0.39, 0.29) is 12.6 Å². The predicted molar refractivity (Wildman–Crippen MR) is 171 cm³/mol. The standard InChI is InChI=1S/C31H41F3N10O2S/c1-22-23(2-3-29-27(22)16-25(17-35)44(29)15-12-40-10-13-43(14-11-40)47(36,45)46)18-41-7-4-24(5-8-41)39-30-26-6-9-42(20-31(32,33)34)19-28(26)37-21-38-30/h2-3,16,21,24H,4-15,18-20H2,1H3,(H2,36,45,46)(H,37,38,39). The first-order valence-corrected chi connectivity index (χ1v) is 17.5. The molecule has 0 amide bonds. The molecule has 0 atom stereocenters. The van der Waals surface area contributed by atoms with Crippen molar-refractivity contribution in [3.8, 4) is 6.07 Å². The summed E-state index contributed by atoms with van der Waals surface area (Å²) >= 11 is 0. The summed E-state index contributed by atoms with van der Waals surface area (Å²) in [6, 6.07) is 8.78. The Hall–Kier alpha value is -3.33. The highest BCUT2D eigenvalue weighted by atomic mass is 32.2. The number of nitrogens with one attached hydrogen (secondary N) is 1. The minimum Gasteiger partial charge on any atom is -0.367 e. The topological polar surface area (TPSA) is 140 Å². The van der Waals surface area contributed by atoms with Crippen LogP contribution in [-0.2, 0) is 36.3 Å². The molecule has 47 heavy (non-hydrogen) atoms. The van der Waals surface area contributed by atoms with Crippen LogP contribution in [0.1, 0.15) is 40.9 Å². The number of hydrogen-bond acceptors (Lipinski definition) is 9. The molecule has 0 spiro atoms. The highest BCUT2D eigenvalue weighted by Gasteiger charge is 2.33. The number of halogens is 3. The summed E-state index contributed by atoms with van der Waals surface area (Å²) in [5, 5.41) is 19.8. The third-order valence-corrected chi connectivity index (χ3v) is 10.8. The third kappa shape index (κ3) is 7.87. The van der Waals surface area contributed by atoms with Crippen molar-refractivity contribution in [1.29, 1.82) is 5.26 Å². The quantitative estimate of drug-likeness (QED) is 0.351. The summed E-state index contributed by atoms with van der Waals surface area (Å²) in [5.41, 5.74) is 5.59. The molecule has 3 aliphatic rings. The van der Waals surface area contributed by atoms with Gasteiger partial charge in [-0.2, -0.15) is 31.2 Å². The number of nitrogens with zero attached hydrogens (tertiary/aromatic N) is 8. The third-order valence-electron chi connectivity index (χ3n) is 9.72. The van der Waals surface area contributed by atoms with Gasteiger partial charge in [0.2, 0.25) is 0 Å². The molecule has 12 nitrogen and oxygen atoms in total. The molecule has 5 heterocycles. The smallest absolute Gasteiger partial charge is 0.367 e. The van der Waals surface area contributed by atoms with Crippen LogP contribution in [0.25, 0.3) is 10.9 Å². The van der Waals surface area contributed by atoms with Crippen LogP contribution in [0, 0.1) is 18.3 Å². The summed E-state index contributed by atoms with van der Waals surface area (Å²) in [7, 11) is -3.67. The van der Waals surface area contributed by atoms with Gasteiger partial charge in [0.25, 0.3) is 10.2 Å². The van der Waals surface area contributed by atoms with Crippen molar-refractivity contribution in [3.05, 3.63) is 52.6 Å². The largest absolute Gasteiger partial charge is 0.401 e. The number of hydrogen-bond donors (Lipinski definition) is 2. The maximum atomic E-state index is 12.9. The number of aryl methyl sites for hydroxylation is 1. The molecule has 3 aromatic rings. The second-order valence-electron chi connectivity index (χ2n) is 12.8. The van der Waals surface area contributed by atoms with Gasteiger partial charge in [-0.25, -0.2) is 15.1 Å². The number of benzene rings is 1. The zero-order valence-corrected chi connectivity index (χ0v) is 27.3. The second kappa shape index (κ2) is 13.7. The van der Waals surface area contributed by atoms with E-state index >= 15 is 0 Å². The highest BCUT2D eigenvalue weighted by Crippen LogP contribution is 2.29. The molecule has 0 radical (unpaired) electrons. The Kier molecular flexibility index (Phi) is 9.75. The Balaban J connectivity index is 1.04. The van der Waals surface area contributed by atoms with Crippen molar-refractivity contribution in [3.63, 3.8) is 0 Å². The fraction of sp³-hybridized carbons (Fsp3) is 0.581. The van der Waals surface area contributed by atoms with Gasteiger partial charge in [0.05, 0.1) is 12.2 Å². The summed E-state index contributed by atoms with van der Waals surface area (Å²) < 4.78 is 65.3. The van der Waals surface area contributed by atoms with Crippen molar-refractivity contribution in [1.82, 2.24) is 33.5 Å². The Bertz CT molecular complexity index is 1740. The Morgan fingerprint density at radius 2 is 1.77 bits per heavy atom. The van der Waals surface area contributed by atoms with E-state index in [0.29, 0.717) is 63.6 Å². The van der Waals surface area contributed by atoms with Crippen LogP contribution >= 0.6 is 0 Å². The summed E-state index contributed by atoms with van der Waals surface area (Å²) in [5.74, 6) is 0.741. The molecule has 1 aromatic carbocycles. The molecule has 0 bridgehead atoms. The minimum absolute atomic E-state index is 0.175. The Morgan fingerprint density at radius 1 is 1.02 bits per heavy atom. The van der Waals surface area contributed by atoms with Crippen LogP contribution in [0.4, 0.5) is 19.0 Å². The van der Waals surface area contributed by atoms with Gasteiger partial charge in [-0.15, -0.1) is 0 Å². The van der Waals surface area contributed by atoms with Gasteiger partial charge in [0, 0.05) is 94.5 Å². The van der Waals surface area contributed by atoms with Gasteiger partial charge in [-0.1, -0.05) is 6.07 Å². The van der Waals surface area contributed by atoms with Crippen molar-refractivity contribution in [2.45, 2.75) is 58.0 Å². The number of anilines is 1. The van der Waals surface area contributed by atoms with E-state index in [0.717, 1.165) is 60.3 Å². The molecule has 2 fully saturated rings. The lowest BCUT2D eigenvalue weighted by Gasteiger charge is -2.34. The van der Waals surface area contributed by atoms with Gasteiger partial charge in [-0.3, -0.25) is 14.7 Å². The first kappa shape index (κ1) is 33.6. The number of alkyl halides is 3. The van der Waals surface area contributed by atoms with E-state index in [1.807, 2.05) is 6.07 Å². The number of piperazine rings is 1. The van der Waals surface area contributed by atoms with Crippen LogP contribution in [-0.4, -0.2) is 113 Å².